The van der Waals surface area contributed by atoms with Gasteiger partial charge in [-0.25, -0.2) is 0 Å². The number of thiophene rings is 1. The number of nitrogens with zero attached hydrogens (tertiary/aromatic N) is 2. The van der Waals surface area contributed by atoms with E-state index >= 15 is 0 Å². The maximum Gasteiger partial charge on any atom is 0.255 e. The van der Waals surface area contributed by atoms with Crippen LogP contribution in [0.5, 0.6) is 0 Å². The second kappa shape index (κ2) is 6.35. The molecule has 0 atom stereocenters. The van der Waals surface area contributed by atoms with Gasteiger partial charge in [0.05, 0.1) is 23.1 Å². The second-order valence-electron chi connectivity index (χ2n) is 4.37. The van der Waals surface area contributed by atoms with Crippen LogP contribution in [0.25, 0.3) is 10.6 Å². The minimum atomic E-state index is -0.0269. The molecule has 0 unspecified atom stereocenters. The van der Waals surface area contributed by atoms with Gasteiger partial charge in [0.15, 0.2) is 0 Å². The Hall–Kier alpha value is -1.86. The summed E-state index contributed by atoms with van der Waals surface area (Å²) in [6, 6.07) is 9.79. The van der Waals surface area contributed by atoms with E-state index in [-0.39, 0.29) is 12.0 Å². The summed E-state index contributed by atoms with van der Waals surface area (Å²) in [4.78, 5) is 13.5. The van der Waals surface area contributed by atoms with E-state index in [0.717, 1.165) is 23.4 Å². The smallest absolute Gasteiger partial charge is 0.255 e. The third-order valence-corrected chi connectivity index (χ3v) is 3.92. The van der Waals surface area contributed by atoms with Crippen molar-refractivity contribution in [3.05, 3.63) is 45.6 Å². The second-order valence-corrected chi connectivity index (χ2v) is 5.31. The Morgan fingerprint density at radius 2 is 2.21 bits per heavy atom. The summed E-state index contributed by atoms with van der Waals surface area (Å²) in [5.74, 6) is 0. The van der Waals surface area contributed by atoms with Crippen LogP contribution in [-0.2, 0) is 13.0 Å². The molecular formula is C15H16N2OS. The maximum atomic E-state index is 12.4. The topological polar surface area (TPSA) is 45.8 Å². The molecule has 2 aromatic rings. The molecule has 0 bridgehead atoms. The third kappa shape index (κ3) is 2.94. The highest BCUT2D eigenvalue weighted by Crippen LogP contribution is 2.24. The average molecular weight is 272 g/mol. The Morgan fingerprint density at radius 3 is 2.84 bits per heavy atom. The van der Waals surface area contributed by atoms with Crippen LogP contribution in [0.2, 0.25) is 0 Å². The van der Waals surface area contributed by atoms with E-state index in [1.165, 1.54) is 0 Å². The predicted molar refractivity (Wildman–Crippen MR) is 78.2 cm³/mol. The number of hydrogen-bond acceptors (Lipinski definition) is 3. The number of pyridine rings is 1. The molecule has 0 amide bonds. The van der Waals surface area contributed by atoms with Gasteiger partial charge >= 0.3 is 0 Å². The SMILES string of the molecule is CCCCn1c(-c2cccs2)ccc(CC#N)c1=O. The quantitative estimate of drug-likeness (QED) is 0.837. The lowest BCUT2D eigenvalue weighted by atomic mass is 10.1. The molecular weight excluding hydrogens is 256 g/mol. The Bertz CT molecular complexity index is 635. The summed E-state index contributed by atoms with van der Waals surface area (Å²) in [6.45, 7) is 2.82. The molecule has 0 aliphatic rings. The van der Waals surface area contributed by atoms with Gasteiger partial charge in [0.25, 0.3) is 5.56 Å². The number of hydrogen-bond donors (Lipinski definition) is 0. The highest BCUT2D eigenvalue weighted by molar-refractivity contribution is 7.13. The van der Waals surface area contributed by atoms with Crippen LogP contribution in [0.3, 0.4) is 0 Å². The number of unbranched alkanes of at least 4 members (excludes halogenated alkanes) is 1. The van der Waals surface area contributed by atoms with Crippen LogP contribution in [0.1, 0.15) is 25.3 Å². The molecule has 0 saturated carbocycles. The molecule has 2 aromatic heterocycles. The Kier molecular flexibility index (Phi) is 4.53. The molecule has 0 N–H and O–H groups in total. The first kappa shape index (κ1) is 13.6. The largest absolute Gasteiger partial charge is 0.307 e. The molecule has 0 fully saturated rings. The van der Waals surface area contributed by atoms with Crippen molar-refractivity contribution >= 4 is 11.3 Å². The van der Waals surface area contributed by atoms with Crippen molar-refractivity contribution in [2.45, 2.75) is 32.7 Å². The standard InChI is InChI=1S/C15H16N2OS/c1-2-3-10-17-13(14-5-4-11-19-14)7-6-12(8-9-16)15(17)18/h4-7,11H,2-3,8,10H2,1H3. The Balaban J connectivity index is 2.52. The van der Waals surface area contributed by atoms with Crippen LogP contribution < -0.4 is 5.56 Å². The van der Waals surface area contributed by atoms with Gasteiger partial charge < -0.3 is 4.57 Å². The first-order valence-electron chi connectivity index (χ1n) is 6.41. The summed E-state index contributed by atoms with van der Waals surface area (Å²) >= 11 is 1.63. The molecule has 2 heterocycles. The molecule has 3 nitrogen and oxygen atoms in total. The zero-order valence-electron chi connectivity index (χ0n) is 10.9. The van der Waals surface area contributed by atoms with Crippen LogP contribution in [-0.4, -0.2) is 4.57 Å². The van der Waals surface area contributed by atoms with Crippen molar-refractivity contribution in [1.82, 2.24) is 4.57 Å². The van der Waals surface area contributed by atoms with Gasteiger partial charge in [0.2, 0.25) is 0 Å². The molecule has 0 aromatic carbocycles. The maximum absolute atomic E-state index is 12.4. The van der Waals surface area contributed by atoms with Gasteiger partial charge in [0, 0.05) is 12.1 Å². The van der Waals surface area contributed by atoms with Gasteiger partial charge in [-0.2, -0.15) is 5.26 Å². The highest BCUT2D eigenvalue weighted by atomic mass is 32.1. The van der Waals surface area contributed by atoms with Gasteiger partial charge in [0.1, 0.15) is 0 Å². The lowest BCUT2D eigenvalue weighted by Crippen LogP contribution is -2.24. The molecule has 19 heavy (non-hydrogen) atoms. The molecule has 0 aliphatic carbocycles. The summed E-state index contributed by atoms with van der Waals surface area (Å²) < 4.78 is 1.81. The van der Waals surface area contributed by atoms with Crippen molar-refractivity contribution in [2.75, 3.05) is 0 Å². The van der Waals surface area contributed by atoms with E-state index in [1.807, 2.05) is 28.1 Å². The van der Waals surface area contributed by atoms with Crippen LogP contribution >= 0.6 is 11.3 Å². The Labute approximate surface area is 116 Å². The van der Waals surface area contributed by atoms with Crippen molar-refractivity contribution in [3.8, 4) is 16.6 Å². The van der Waals surface area contributed by atoms with Gasteiger partial charge in [-0.05, 0) is 23.9 Å². The minimum Gasteiger partial charge on any atom is -0.307 e. The lowest BCUT2D eigenvalue weighted by molar-refractivity contribution is 0.615. The van der Waals surface area contributed by atoms with Crippen LogP contribution in [0.4, 0.5) is 0 Å². The van der Waals surface area contributed by atoms with E-state index in [2.05, 4.69) is 13.0 Å². The van der Waals surface area contributed by atoms with E-state index in [1.54, 1.807) is 17.4 Å². The Morgan fingerprint density at radius 1 is 1.37 bits per heavy atom. The summed E-state index contributed by atoms with van der Waals surface area (Å²) in [5.41, 5.74) is 1.51. The predicted octanol–water partition coefficient (Wildman–Crippen LogP) is 3.44. The fourth-order valence-electron chi connectivity index (χ4n) is 2.02. The molecule has 0 saturated heterocycles. The summed E-state index contributed by atoms with van der Waals surface area (Å²) in [7, 11) is 0. The van der Waals surface area contributed by atoms with E-state index in [0.29, 0.717) is 12.1 Å². The zero-order chi connectivity index (χ0) is 13.7. The van der Waals surface area contributed by atoms with Crippen LogP contribution in [0, 0.1) is 11.3 Å². The molecule has 0 spiro atoms. The lowest BCUT2D eigenvalue weighted by Gasteiger charge is -2.12. The minimum absolute atomic E-state index is 0.0269. The first-order chi connectivity index (χ1) is 9.27. The molecule has 98 valence electrons. The third-order valence-electron chi connectivity index (χ3n) is 3.03. The molecule has 4 heteroatoms. The fourth-order valence-corrected chi connectivity index (χ4v) is 2.78. The molecule has 2 rings (SSSR count). The van der Waals surface area contributed by atoms with Crippen molar-refractivity contribution in [1.29, 1.82) is 5.26 Å². The summed E-state index contributed by atoms with van der Waals surface area (Å²) in [5, 5.41) is 10.8. The van der Waals surface area contributed by atoms with E-state index in [9.17, 15) is 4.79 Å². The van der Waals surface area contributed by atoms with Crippen LogP contribution in [0.15, 0.2) is 34.4 Å². The monoisotopic (exact) mass is 272 g/mol. The normalized spacial score (nSPS) is 10.3. The van der Waals surface area contributed by atoms with Crippen molar-refractivity contribution < 1.29 is 0 Å². The fraction of sp³-hybridized carbons (Fsp3) is 0.333. The number of rotatable bonds is 5. The zero-order valence-corrected chi connectivity index (χ0v) is 11.7. The average Bonchev–Trinajstić information content (AvgIpc) is 2.93. The van der Waals surface area contributed by atoms with Gasteiger partial charge in [-0.3, -0.25) is 4.79 Å². The van der Waals surface area contributed by atoms with Crippen molar-refractivity contribution in [2.24, 2.45) is 0 Å². The van der Waals surface area contributed by atoms with Gasteiger partial charge in [-0.1, -0.05) is 25.5 Å². The van der Waals surface area contributed by atoms with Gasteiger partial charge in [-0.15, -0.1) is 11.3 Å². The first-order valence-corrected chi connectivity index (χ1v) is 7.29. The molecule has 0 radical (unpaired) electrons. The highest BCUT2D eigenvalue weighted by Gasteiger charge is 2.10. The number of nitriles is 1. The molecule has 0 aliphatic heterocycles. The summed E-state index contributed by atoms with van der Waals surface area (Å²) in [6.07, 6.45) is 2.18. The van der Waals surface area contributed by atoms with E-state index in [4.69, 9.17) is 5.26 Å². The van der Waals surface area contributed by atoms with E-state index < -0.39 is 0 Å². The number of aromatic nitrogens is 1. The van der Waals surface area contributed by atoms with Crippen molar-refractivity contribution in [3.63, 3.8) is 0 Å².